The maximum absolute atomic E-state index is 5.88. The molecule has 0 amide bonds. The standard InChI is InChI=1S/C14H14N4O/c1-9-7-13-14(8-12(9)15)17-18(16-13)10-3-5-11(19-2)6-4-10/h3-8H,15H2,1-2H3. The van der Waals surface area contributed by atoms with E-state index in [1.807, 2.05) is 43.3 Å². The van der Waals surface area contributed by atoms with Gasteiger partial charge in [-0.25, -0.2) is 0 Å². The molecule has 3 aromatic rings. The summed E-state index contributed by atoms with van der Waals surface area (Å²) in [6, 6.07) is 11.4. The van der Waals surface area contributed by atoms with E-state index in [-0.39, 0.29) is 0 Å². The zero-order chi connectivity index (χ0) is 13.4. The molecular weight excluding hydrogens is 240 g/mol. The molecule has 0 spiro atoms. The highest BCUT2D eigenvalue weighted by Crippen LogP contribution is 2.20. The largest absolute Gasteiger partial charge is 0.497 e. The SMILES string of the molecule is COc1ccc(-n2nc3cc(C)c(N)cc3n2)cc1. The molecule has 1 aromatic heterocycles. The molecule has 1 heterocycles. The second-order valence-corrected chi connectivity index (χ2v) is 4.38. The molecule has 0 saturated heterocycles. The van der Waals surface area contributed by atoms with E-state index in [4.69, 9.17) is 10.5 Å². The number of aryl methyl sites for hydroxylation is 1. The quantitative estimate of drug-likeness (QED) is 0.713. The van der Waals surface area contributed by atoms with Crippen molar-refractivity contribution >= 4 is 16.7 Å². The second kappa shape index (κ2) is 4.28. The van der Waals surface area contributed by atoms with Gasteiger partial charge in [0.15, 0.2) is 0 Å². The Balaban J connectivity index is 2.09. The van der Waals surface area contributed by atoms with Crippen LogP contribution in [0.15, 0.2) is 36.4 Å². The van der Waals surface area contributed by atoms with E-state index in [2.05, 4.69) is 10.2 Å². The van der Waals surface area contributed by atoms with E-state index in [0.29, 0.717) is 0 Å². The number of hydrogen-bond acceptors (Lipinski definition) is 4. The number of methoxy groups -OCH3 is 1. The summed E-state index contributed by atoms with van der Waals surface area (Å²) in [5.41, 5.74) is 10.1. The van der Waals surface area contributed by atoms with Crippen LogP contribution < -0.4 is 10.5 Å². The molecule has 96 valence electrons. The van der Waals surface area contributed by atoms with Crippen molar-refractivity contribution in [2.75, 3.05) is 12.8 Å². The third-order valence-corrected chi connectivity index (χ3v) is 3.07. The minimum Gasteiger partial charge on any atom is -0.497 e. The van der Waals surface area contributed by atoms with Crippen LogP contribution in [0.2, 0.25) is 0 Å². The van der Waals surface area contributed by atoms with E-state index in [1.54, 1.807) is 11.9 Å². The van der Waals surface area contributed by atoms with Crippen molar-refractivity contribution in [3.8, 4) is 11.4 Å². The first kappa shape index (κ1) is 11.5. The highest BCUT2D eigenvalue weighted by atomic mass is 16.5. The minimum atomic E-state index is 0.731. The van der Waals surface area contributed by atoms with Crippen molar-refractivity contribution < 1.29 is 4.74 Å². The van der Waals surface area contributed by atoms with Gasteiger partial charge in [0.2, 0.25) is 0 Å². The number of benzene rings is 2. The fraction of sp³-hybridized carbons (Fsp3) is 0.143. The van der Waals surface area contributed by atoms with Crippen molar-refractivity contribution in [3.05, 3.63) is 42.0 Å². The Kier molecular flexibility index (Phi) is 2.59. The van der Waals surface area contributed by atoms with Crippen LogP contribution in [0.5, 0.6) is 5.75 Å². The van der Waals surface area contributed by atoms with Gasteiger partial charge in [-0.2, -0.15) is 4.80 Å². The lowest BCUT2D eigenvalue weighted by Gasteiger charge is -2.01. The Morgan fingerprint density at radius 3 is 2.32 bits per heavy atom. The molecule has 0 bridgehead atoms. The van der Waals surface area contributed by atoms with Gasteiger partial charge >= 0.3 is 0 Å². The summed E-state index contributed by atoms with van der Waals surface area (Å²) in [6.07, 6.45) is 0. The zero-order valence-corrected chi connectivity index (χ0v) is 10.8. The van der Waals surface area contributed by atoms with Crippen molar-refractivity contribution in [3.63, 3.8) is 0 Å². The smallest absolute Gasteiger partial charge is 0.119 e. The fourth-order valence-corrected chi connectivity index (χ4v) is 1.92. The Bertz CT molecular complexity index is 692. The van der Waals surface area contributed by atoms with Gasteiger partial charge in [-0.05, 0) is 48.9 Å². The van der Waals surface area contributed by atoms with Crippen molar-refractivity contribution in [2.24, 2.45) is 0 Å². The van der Waals surface area contributed by atoms with Gasteiger partial charge in [-0.15, -0.1) is 10.2 Å². The lowest BCUT2D eigenvalue weighted by atomic mass is 10.2. The average molecular weight is 254 g/mol. The lowest BCUT2D eigenvalue weighted by Crippen LogP contribution is -1.98. The van der Waals surface area contributed by atoms with Crippen LogP contribution in [0.1, 0.15) is 5.56 Å². The Labute approximate surface area is 110 Å². The number of nitrogens with zero attached hydrogens (tertiary/aromatic N) is 3. The van der Waals surface area contributed by atoms with E-state index in [0.717, 1.165) is 33.7 Å². The molecule has 0 fully saturated rings. The lowest BCUT2D eigenvalue weighted by molar-refractivity contribution is 0.414. The molecule has 0 unspecified atom stereocenters. The monoisotopic (exact) mass is 254 g/mol. The van der Waals surface area contributed by atoms with Gasteiger partial charge in [-0.3, -0.25) is 0 Å². The van der Waals surface area contributed by atoms with E-state index >= 15 is 0 Å². The summed E-state index contributed by atoms with van der Waals surface area (Å²) in [5, 5.41) is 8.87. The fourth-order valence-electron chi connectivity index (χ4n) is 1.92. The summed E-state index contributed by atoms with van der Waals surface area (Å²) in [4.78, 5) is 1.60. The number of anilines is 1. The van der Waals surface area contributed by atoms with Crippen LogP contribution in [0.3, 0.4) is 0 Å². The third kappa shape index (κ3) is 1.99. The van der Waals surface area contributed by atoms with Crippen molar-refractivity contribution in [2.45, 2.75) is 6.92 Å². The molecule has 5 heteroatoms. The Morgan fingerprint density at radius 1 is 1.05 bits per heavy atom. The second-order valence-electron chi connectivity index (χ2n) is 4.38. The Morgan fingerprint density at radius 2 is 1.68 bits per heavy atom. The number of aromatic nitrogens is 3. The number of fused-ring (bicyclic) bond motifs is 1. The molecule has 3 rings (SSSR count). The topological polar surface area (TPSA) is 66.0 Å². The molecule has 0 atom stereocenters. The maximum Gasteiger partial charge on any atom is 0.119 e. The van der Waals surface area contributed by atoms with E-state index in [9.17, 15) is 0 Å². The van der Waals surface area contributed by atoms with Gasteiger partial charge in [0, 0.05) is 5.69 Å². The first-order valence-corrected chi connectivity index (χ1v) is 5.95. The average Bonchev–Trinajstić information content (AvgIpc) is 2.82. The molecule has 2 N–H and O–H groups in total. The molecule has 2 aromatic carbocycles. The molecule has 0 radical (unpaired) electrons. The molecule has 0 aliphatic heterocycles. The summed E-state index contributed by atoms with van der Waals surface area (Å²) >= 11 is 0. The summed E-state index contributed by atoms with van der Waals surface area (Å²) in [6.45, 7) is 1.96. The van der Waals surface area contributed by atoms with Crippen molar-refractivity contribution in [1.29, 1.82) is 0 Å². The number of rotatable bonds is 2. The summed E-state index contributed by atoms with van der Waals surface area (Å²) in [5.74, 6) is 0.806. The van der Waals surface area contributed by atoms with Crippen LogP contribution in [0.4, 0.5) is 5.69 Å². The molecule has 19 heavy (non-hydrogen) atoms. The number of nitrogen functional groups attached to an aromatic ring is 1. The van der Waals surface area contributed by atoms with Gasteiger partial charge in [-0.1, -0.05) is 0 Å². The summed E-state index contributed by atoms with van der Waals surface area (Å²) in [7, 11) is 1.64. The van der Waals surface area contributed by atoms with Crippen LogP contribution >= 0.6 is 0 Å². The molecule has 0 saturated carbocycles. The van der Waals surface area contributed by atoms with Gasteiger partial charge in [0.05, 0.1) is 12.8 Å². The predicted octanol–water partition coefficient (Wildman–Crippen LogP) is 2.32. The third-order valence-electron chi connectivity index (χ3n) is 3.07. The minimum absolute atomic E-state index is 0.731. The van der Waals surface area contributed by atoms with Gasteiger partial charge in [0.1, 0.15) is 16.8 Å². The zero-order valence-electron chi connectivity index (χ0n) is 10.8. The van der Waals surface area contributed by atoms with Crippen molar-refractivity contribution in [1.82, 2.24) is 15.0 Å². The van der Waals surface area contributed by atoms with Crippen LogP contribution in [-0.4, -0.2) is 22.1 Å². The van der Waals surface area contributed by atoms with Crippen LogP contribution in [0.25, 0.3) is 16.7 Å². The highest BCUT2D eigenvalue weighted by molar-refractivity contribution is 5.79. The molecule has 5 nitrogen and oxygen atoms in total. The molecule has 0 aliphatic carbocycles. The Hall–Kier alpha value is -2.56. The number of ether oxygens (including phenoxy) is 1. The van der Waals surface area contributed by atoms with Crippen LogP contribution in [-0.2, 0) is 0 Å². The van der Waals surface area contributed by atoms with Gasteiger partial charge < -0.3 is 10.5 Å². The summed E-state index contributed by atoms with van der Waals surface area (Å²) < 4.78 is 5.13. The van der Waals surface area contributed by atoms with E-state index in [1.165, 1.54) is 0 Å². The van der Waals surface area contributed by atoms with Gasteiger partial charge in [0.25, 0.3) is 0 Å². The predicted molar refractivity (Wildman–Crippen MR) is 74.6 cm³/mol. The molecular formula is C14H14N4O. The normalized spacial score (nSPS) is 10.8. The first-order valence-electron chi connectivity index (χ1n) is 5.95. The maximum atomic E-state index is 5.88. The van der Waals surface area contributed by atoms with E-state index < -0.39 is 0 Å². The van der Waals surface area contributed by atoms with Crippen LogP contribution in [0, 0.1) is 6.92 Å². The first-order chi connectivity index (χ1) is 9.17. The number of hydrogen-bond donors (Lipinski definition) is 1. The highest BCUT2D eigenvalue weighted by Gasteiger charge is 2.06. The molecule has 0 aliphatic rings. The number of nitrogens with two attached hydrogens (primary N) is 1.